The number of nitrogens with one attached hydrogen (secondary N) is 2. The molecule has 11 heteroatoms. The van der Waals surface area contributed by atoms with E-state index in [9.17, 15) is 15.3 Å². The molecule has 0 aromatic heterocycles. The van der Waals surface area contributed by atoms with E-state index in [-0.39, 0.29) is 18.7 Å². The van der Waals surface area contributed by atoms with E-state index in [1.54, 1.807) is 21.0 Å². The van der Waals surface area contributed by atoms with Crippen LogP contribution in [0.3, 0.4) is 0 Å². The number of rotatable bonds is 7. The Morgan fingerprint density at radius 2 is 1.78 bits per heavy atom. The van der Waals surface area contributed by atoms with E-state index >= 15 is 0 Å². The van der Waals surface area contributed by atoms with Gasteiger partial charge in [-0.25, -0.2) is 0 Å². The molecule has 3 aliphatic rings. The minimum absolute atomic E-state index is 0.0381. The Morgan fingerprint density at radius 3 is 2.41 bits per heavy atom. The molecular weight excluding hydrogens is 420 g/mol. The van der Waals surface area contributed by atoms with Gasteiger partial charge in [-0.3, -0.25) is 0 Å². The molecule has 0 aromatic carbocycles. The highest BCUT2D eigenvalue weighted by molar-refractivity contribution is 5.04. The van der Waals surface area contributed by atoms with Crippen LogP contribution < -0.4 is 22.1 Å². The highest BCUT2D eigenvalue weighted by Gasteiger charge is 2.51. The first kappa shape index (κ1) is 25.8. The molecular formula is C21H40N4O7. The van der Waals surface area contributed by atoms with Gasteiger partial charge in [0.15, 0.2) is 6.29 Å². The molecule has 2 fully saturated rings. The number of hydrogen-bond donors (Lipinski definition) is 7. The molecule has 0 aromatic rings. The largest absolute Gasteiger partial charge is 0.468 e. The number of hydrogen-bond acceptors (Lipinski definition) is 11. The molecule has 0 spiro atoms. The fourth-order valence-electron chi connectivity index (χ4n) is 4.77. The van der Waals surface area contributed by atoms with Crippen molar-refractivity contribution in [1.29, 1.82) is 0 Å². The van der Waals surface area contributed by atoms with Gasteiger partial charge in [0, 0.05) is 18.5 Å². The minimum atomic E-state index is -1.27. The van der Waals surface area contributed by atoms with Crippen LogP contribution in [-0.2, 0) is 18.9 Å². The third-order valence-corrected chi connectivity index (χ3v) is 6.70. The van der Waals surface area contributed by atoms with Crippen LogP contribution in [0.2, 0.25) is 0 Å². The van der Waals surface area contributed by atoms with Gasteiger partial charge in [0.2, 0.25) is 6.29 Å². The first-order chi connectivity index (χ1) is 15.1. The van der Waals surface area contributed by atoms with Crippen LogP contribution in [0.1, 0.15) is 33.1 Å². The van der Waals surface area contributed by atoms with Crippen molar-refractivity contribution < 1.29 is 34.3 Å². The summed E-state index contributed by atoms with van der Waals surface area (Å²) >= 11 is 0. The molecule has 11 atom stereocenters. The van der Waals surface area contributed by atoms with E-state index in [1.807, 2.05) is 13.0 Å². The Hall–Kier alpha value is -0.860. The van der Waals surface area contributed by atoms with Crippen molar-refractivity contribution in [1.82, 2.24) is 10.6 Å². The molecule has 9 N–H and O–H groups in total. The highest BCUT2D eigenvalue weighted by Crippen LogP contribution is 2.32. The average molecular weight is 461 g/mol. The van der Waals surface area contributed by atoms with E-state index in [1.165, 1.54) is 0 Å². The molecule has 2 heterocycles. The van der Waals surface area contributed by atoms with Crippen molar-refractivity contribution in [2.24, 2.45) is 11.5 Å². The summed E-state index contributed by atoms with van der Waals surface area (Å²) < 4.78 is 23.6. The molecule has 32 heavy (non-hydrogen) atoms. The summed E-state index contributed by atoms with van der Waals surface area (Å²) in [4.78, 5) is 0. The molecule has 0 amide bonds. The van der Waals surface area contributed by atoms with Gasteiger partial charge in [0.05, 0.1) is 24.4 Å². The quantitative estimate of drug-likeness (QED) is 0.221. The molecule has 3 rings (SSSR count). The second-order valence-corrected chi connectivity index (χ2v) is 9.19. The van der Waals surface area contributed by atoms with Crippen molar-refractivity contribution in [3.05, 3.63) is 11.8 Å². The number of aliphatic hydroxyl groups excluding tert-OH is 2. The van der Waals surface area contributed by atoms with Gasteiger partial charge in [0.1, 0.15) is 30.0 Å². The van der Waals surface area contributed by atoms with Crippen molar-refractivity contribution in [3.8, 4) is 0 Å². The topological polar surface area (TPSA) is 174 Å². The summed E-state index contributed by atoms with van der Waals surface area (Å²) in [6.45, 7) is 3.52. The fourth-order valence-corrected chi connectivity index (χ4v) is 4.77. The number of likely N-dealkylation sites (N-methyl/N-ethyl adjacent to an activating group) is 2. The van der Waals surface area contributed by atoms with Gasteiger partial charge >= 0.3 is 0 Å². The van der Waals surface area contributed by atoms with Gasteiger partial charge in [-0.2, -0.15) is 0 Å². The monoisotopic (exact) mass is 460 g/mol. The fraction of sp³-hybridized carbons (Fsp3) is 0.905. The number of aliphatic hydroxyl groups is 3. The molecule has 0 bridgehead atoms. The van der Waals surface area contributed by atoms with E-state index in [2.05, 4.69) is 10.6 Å². The van der Waals surface area contributed by atoms with Crippen LogP contribution in [0.4, 0.5) is 0 Å². The summed E-state index contributed by atoms with van der Waals surface area (Å²) in [5.74, 6) is 0.792. The summed E-state index contributed by atoms with van der Waals surface area (Å²) in [5.41, 5.74) is 11.3. The Balaban J connectivity index is 1.73. The molecule has 2 aliphatic heterocycles. The normalized spacial score (nSPS) is 47.6. The number of nitrogens with two attached hydrogens (primary N) is 2. The molecule has 1 saturated heterocycles. The van der Waals surface area contributed by atoms with Crippen LogP contribution in [0.5, 0.6) is 0 Å². The van der Waals surface area contributed by atoms with Gasteiger partial charge in [0.25, 0.3) is 0 Å². The second-order valence-electron chi connectivity index (χ2n) is 9.19. The third kappa shape index (κ3) is 5.27. The van der Waals surface area contributed by atoms with E-state index < -0.39 is 54.7 Å². The summed E-state index contributed by atoms with van der Waals surface area (Å²) in [5, 5.41) is 38.4. The van der Waals surface area contributed by atoms with Gasteiger partial charge in [-0.05, 0) is 39.9 Å². The number of ether oxygens (including phenoxy) is 4. The molecule has 1 aliphatic carbocycles. The maximum Gasteiger partial charge on any atom is 0.215 e. The minimum Gasteiger partial charge on any atom is -0.468 e. The maximum absolute atomic E-state index is 11.2. The zero-order chi connectivity index (χ0) is 23.6. The standard InChI is InChI=1S/C21H40N4O7/c1-5-10-6-7-11(22)19(30-10)31-16-12(23)8-13(24-3)17(14(16)26)32-20-15(27)18(25-4)21(2,28)9-29-20/h6,11-20,24-28H,5,7-9,22-23H2,1-4H3. The lowest BCUT2D eigenvalue weighted by atomic mass is 9.83. The molecule has 0 radical (unpaired) electrons. The number of allylic oxidation sites excluding steroid dienone is 1. The molecule has 186 valence electrons. The summed E-state index contributed by atoms with van der Waals surface area (Å²) in [7, 11) is 3.39. The summed E-state index contributed by atoms with van der Waals surface area (Å²) in [6.07, 6.45) is -1.92. The van der Waals surface area contributed by atoms with Crippen LogP contribution >= 0.6 is 0 Å². The van der Waals surface area contributed by atoms with E-state index in [4.69, 9.17) is 30.4 Å². The Bertz CT molecular complexity index is 652. The SMILES string of the molecule is CCC1=CCC(N)C(OC2C(N)CC(NC)C(OC3OCC(C)(O)C(NC)C3O)C2O)O1. The molecule has 1 saturated carbocycles. The zero-order valence-electron chi connectivity index (χ0n) is 19.3. The Kier molecular flexibility index (Phi) is 8.53. The van der Waals surface area contributed by atoms with Crippen LogP contribution in [0.15, 0.2) is 11.8 Å². The summed E-state index contributed by atoms with van der Waals surface area (Å²) in [6, 6.07) is -1.85. The Morgan fingerprint density at radius 1 is 1.09 bits per heavy atom. The van der Waals surface area contributed by atoms with Gasteiger partial charge < -0.3 is 56.4 Å². The van der Waals surface area contributed by atoms with E-state index in [0.717, 1.165) is 5.76 Å². The predicted octanol–water partition coefficient (Wildman–Crippen LogP) is -2.14. The van der Waals surface area contributed by atoms with Gasteiger partial charge in [-0.1, -0.05) is 6.92 Å². The smallest absolute Gasteiger partial charge is 0.215 e. The Labute approximate surface area is 189 Å². The van der Waals surface area contributed by atoms with Crippen LogP contribution in [0.25, 0.3) is 0 Å². The van der Waals surface area contributed by atoms with Crippen LogP contribution in [-0.4, -0.2) is 103 Å². The van der Waals surface area contributed by atoms with Crippen molar-refractivity contribution in [2.45, 2.75) is 99.9 Å². The lowest BCUT2D eigenvalue weighted by Gasteiger charge is -2.48. The van der Waals surface area contributed by atoms with Crippen molar-refractivity contribution in [3.63, 3.8) is 0 Å². The third-order valence-electron chi connectivity index (χ3n) is 6.70. The lowest BCUT2D eigenvalue weighted by Crippen LogP contribution is -2.68. The molecule has 11 unspecified atom stereocenters. The average Bonchev–Trinajstić information content (AvgIpc) is 2.75. The van der Waals surface area contributed by atoms with Crippen LogP contribution in [0, 0.1) is 0 Å². The molecule has 11 nitrogen and oxygen atoms in total. The van der Waals surface area contributed by atoms with E-state index in [0.29, 0.717) is 19.3 Å². The van der Waals surface area contributed by atoms with Crippen molar-refractivity contribution >= 4 is 0 Å². The highest BCUT2D eigenvalue weighted by atomic mass is 16.7. The second kappa shape index (κ2) is 10.6. The predicted molar refractivity (Wildman–Crippen MR) is 116 cm³/mol. The van der Waals surface area contributed by atoms with Gasteiger partial charge in [-0.15, -0.1) is 0 Å². The maximum atomic E-state index is 11.2. The first-order valence-corrected chi connectivity index (χ1v) is 11.3. The zero-order valence-corrected chi connectivity index (χ0v) is 19.3. The van der Waals surface area contributed by atoms with Crippen molar-refractivity contribution in [2.75, 3.05) is 20.7 Å². The first-order valence-electron chi connectivity index (χ1n) is 11.3. The lowest BCUT2D eigenvalue weighted by molar-refractivity contribution is -0.304.